The lowest BCUT2D eigenvalue weighted by Crippen LogP contribution is -2.26. The molecule has 0 amide bonds. The molecule has 13 heavy (non-hydrogen) atoms. The lowest BCUT2D eigenvalue weighted by atomic mass is 10.1. The normalized spacial score (nSPS) is 14.5. The third-order valence-corrected chi connectivity index (χ3v) is 1.78. The van der Waals surface area contributed by atoms with Gasteiger partial charge >= 0.3 is 6.18 Å². The second-order valence-electron chi connectivity index (χ2n) is 2.83. The molecule has 1 heterocycles. The van der Waals surface area contributed by atoms with Crippen LogP contribution in [0.3, 0.4) is 0 Å². The number of aromatic nitrogens is 2. The zero-order valence-electron chi connectivity index (χ0n) is 7.25. The summed E-state index contributed by atoms with van der Waals surface area (Å²) in [5.41, 5.74) is 0. The maximum absolute atomic E-state index is 12.4. The van der Waals surface area contributed by atoms with Crippen molar-refractivity contribution in [3.8, 4) is 0 Å². The van der Waals surface area contributed by atoms with Crippen LogP contribution < -0.4 is 0 Å². The van der Waals surface area contributed by atoms with E-state index < -0.39 is 12.2 Å². The molecule has 0 aromatic carbocycles. The Kier molecular flexibility index (Phi) is 2.95. The Bertz CT molecular complexity index is 240. The summed E-state index contributed by atoms with van der Waals surface area (Å²) in [6.07, 6.45) is -0.945. The lowest BCUT2D eigenvalue weighted by molar-refractivity contribution is -0.172. The van der Waals surface area contributed by atoms with Crippen molar-refractivity contribution in [1.29, 1.82) is 0 Å². The Morgan fingerprint density at radius 2 is 2.15 bits per heavy atom. The maximum Gasteiger partial charge on any atom is 0.410 e. The number of alkyl halides is 3. The van der Waals surface area contributed by atoms with E-state index in [9.17, 15) is 13.2 Å². The van der Waals surface area contributed by atoms with Gasteiger partial charge in [0.15, 0.2) is 0 Å². The second-order valence-corrected chi connectivity index (χ2v) is 2.83. The number of halogens is 3. The summed E-state index contributed by atoms with van der Waals surface area (Å²) in [5, 5.41) is 3.60. The molecule has 5 heteroatoms. The average molecular weight is 192 g/mol. The Balaban J connectivity index is 2.81. The van der Waals surface area contributed by atoms with E-state index in [1.165, 1.54) is 18.5 Å². The van der Waals surface area contributed by atoms with E-state index in [1.807, 2.05) is 0 Å². The van der Waals surface area contributed by atoms with Crippen molar-refractivity contribution in [3.63, 3.8) is 0 Å². The van der Waals surface area contributed by atoms with Gasteiger partial charge in [-0.3, -0.25) is 4.68 Å². The smallest absolute Gasteiger partial charge is 0.261 e. The second kappa shape index (κ2) is 3.81. The summed E-state index contributed by atoms with van der Waals surface area (Å²) >= 11 is 0. The minimum absolute atomic E-state index is 0.0746. The van der Waals surface area contributed by atoms with Gasteiger partial charge in [0.25, 0.3) is 0 Å². The fourth-order valence-corrected chi connectivity index (χ4v) is 1.18. The predicted molar refractivity (Wildman–Crippen MR) is 42.2 cm³/mol. The van der Waals surface area contributed by atoms with Crippen LogP contribution in [0.15, 0.2) is 18.5 Å². The van der Waals surface area contributed by atoms with Crippen LogP contribution in [0.25, 0.3) is 0 Å². The Labute approximate surface area is 74.4 Å². The molecule has 1 aromatic heterocycles. The molecule has 0 spiro atoms. The Morgan fingerprint density at radius 3 is 2.54 bits per heavy atom. The number of hydrogen-bond acceptors (Lipinski definition) is 1. The fourth-order valence-electron chi connectivity index (χ4n) is 1.18. The van der Waals surface area contributed by atoms with Crippen LogP contribution in [0.5, 0.6) is 0 Å². The van der Waals surface area contributed by atoms with Crippen LogP contribution in [0.1, 0.15) is 25.8 Å². The summed E-state index contributed by atoms with van der Waals surface area (Å²) in [7, 11) is 0. The molecule has 1 rings (SSSR count). The third kappa shape index (κ3) is 2.47. The molecule has 1 aromatic rings. The van der Waals surface area contributed by atoms with E-state index in [0.717, 1.165) is 4.68 Å². The monoisotopic (exact) mass is 192 g/mol. The maximum atomic E-state index is 12.4. The molecule has 1 unspecified atom stereocenters. The quantitative estimate of drug-likeness (QED) is 0.720. The topological polar surface area (TPSA) is 17.8 Å². The molecule has 0 saturated carbocycles. The average Bonchev–Trinajstić information content (AvgIpc) is 2.49. The first kappa shape index (κ1) is 10.1. The van der Waals surface area contributed by atoms with E-state index in [-0.39, 0.29) is 6.42 Å². The van der Waals surface area contributed by atoms with Crippen LogP contribution in [0.2, 0.25) is 0 Å². The van der Waals surface area contributed by atoms with Crippen molar-refractivity contribution in [1.82, 2.24) is 9.78 Å². The summed E-state index contributed by atoms with van der Waals surface area (Å²) < 4.78 is 38.2. The molecular weight excluding hydrogens is 181 g/mol. The zero-order valence-corrected chi connectivity index (χ0v) is 7.25. The van der Waals surface area contributed by atoms with Gasteiger partial charge < -0.3 is 0 Å². The van der Waals surface area contributed by atoms with Crippen LogP contribution in [-0.2, 0) is 0 Å². The van der Waals surface area contributed by atoms with Gasteiger partial charge in [0.1, 0.15) is 6.04 Å². The first-order valence-electron chi connectivity index (χ1n) is 4.11. The minimum atomic E-state index is -4.21. The molecule has 0 fully saturated rings. The highest BCUT2D eigenvalue weighted by atomic mass is 19.4. The first-order valence-corrected chi connectivity index (χ1v) is 4.11. The highest BCUT2D eigenvalue weighted by Gasteiger charge is 2.40. The van der Waals surface area contributed by atoms with Crippen molar-refractivity contribution in [2.75, 3.05) is 0 Å². The van der Waals surface area contributed by atoms with Crippen molar-refractivity contribution >= 4 is 0 Å². The van der Waals surface area contributed by atoms with Crippen LogP contribution in [0.4, 0.5) is 13.2 Å². The first-order chi connectivity index (χ1) is 6.05. The largest absolute Gasteiger partial charge is 0.410 e. The molecular formula is C8H11F3N2. The fraction of sp³-hybridized carbons (Fsp3) is 0.625. The Hall–Kier alpha value is -1.00. The summed E-state index contributed by atoms with van der Waals surface area (Å²) in [5.74, 6) is 0. The highest BCUT2D eigenvalue weighted by Crippen LogP contribution is 2.33. The molecule has 0 bridgehead atoms. The van der Waals surface area contributed by atoms with Gasteiger partial charge in [-0.2, -0.15) is 18.3 Å². The molecule has 0 aliphatic rings. The van der Waals surface area contributed by atoms with E-state index in [2.05, 4.69) is 5.10 Å². The number of rotatable bonds is 3. The van der Waals surface area contributed by atoms with Crippen LogP contribution >= 0.6 is 0 Å². The molecule has 0 saturated heterocycles. The summed E-state index contributed by atoms with van der Waals surface area (Å²) in [6, 6.07) is 0.0153. The van der Waals surface area contributed by atoms with E-state index in [0.29, 0.717) is 6.42 Å². The van der Waals surface area contributed by atoms with Gasteiger partial charge in [-0.1, -0.05) is 13.3 Å². The zero-order chi connectivity index (χ0) is 9.90. The SMILES string of the molecule is CCCC(n1cccn1)C(F)(F)F. The molecule has 0 aliphatic heterocycles. The molecule has 1 atom stereocenters. The van der Waals surface area contributed by atoms with E-state index in [1.54, 1.807) is 6.92 Å². The van der Waals surface area contributed by atoms with Crippen molar-refractivity contribution in [3.05, 3.63) is 18.5 Å². The summed E-state index contributed by atoms with van der Waals surface area (Å²) in [6.45, 7) is 1.72. The highest BCUT2D eigenvalue weighted by molar-refractivity contribution is 4.84. The van der Waals surface area contributed by atoms with Gasteiger partial charge in [0.05, 0.1) is 0 Å². The molecule has 2 nitrogen and oxygen atoms in total. The third-order valence-electron chi connectivity index (χ3n) is 1.78. The predicted octanol–water partition coefficient (Wildman–Crippen LogP) is 2.79. The standard InChI is InChI=1S/C8H11F3N2/c1-2-4-7(8(9,10)11)13-6-3-5-12-13/h3,5-7H,2,4H2,1H3. The van der Waals surface area contributed by atoms with E-state index in [4.69, 9.17) is 0 Å². The van der Waals surface area contributed by atoms with Gasteiger partial charge in [-0.25, -0.2) is 0 Å². The number of hydrogen-bond donors (Lipinski definition) is 0. The minimum Gasteiger partial charge on any atom is -0.261 e. The molecule has 74 valence electrons. The molecule has 0 aliphatic carbocycles. The Morgan fingerprint density at radius 1 is 1.46 bits per heavy atom. The molecule has 0 radical (unpaired) electrons. The number of nitrogens with zero attached hydrogens (tertiary/aromatic N) is 2. The van der Waals surface area contributed by atoms with Crippen molar-refractivity contribution < 1.29 is 13.2 Å². The van der Waals surface area contributed by atoms with Crippen molar-refractivity contribution in [2.24, 2.45) is 0 Å². The van der Waals surface area contributed by atoms with Crippen LogP contribution in [-0.4, -0.2) is 16.0 Å². The van der Waals surface area contributed by atoms with Gasteiger partial charge in [-0.15, -0.1) is 0 Å². The van der Waals surface area contributed by atoms with Crippen LogP contribution in [0, 0.1) is 0 Å². The van der Waals surface area contributed by atoms with Gasteiger partial charge in [-0.05, 0) is 12.5 Å². The van der Waals surface area contributed by atoms with E-state index >= 15 is 0 Å². The van der Waals surface area contributed by atoms with Gasteiger partial charge in [0.2, 0.25) is 0 Å². The lowest BCUT2D eigenvalue weighted by Gasteiger charge is -2.19. The summed E-state index contributed by atoms with van der Waals surface area (Å²) in [4.78, 5) is 0. The van der Waals surface area contributed by atoms with Gasteiger partial charge in [0, 0.05) is 12.4 Å². The van der Waals surface area contributed by atoms with Crippen molar-refractivity contribution in [2.45, 2.75) is 32.0 Å². The molecule has 0 N–H and O–H groups in total.